The summed E-state index contributed by atoms with van der Waals surface area (Å²) in [5.74, 6) is 0.698. The SMILES string of the molecule is C=C(C)CCC(N)C(CC)CC. The normalized spacial score (nSPS) is 13.4. The van der Waals surface area contributed by atoms with Gasteiger partial charge in [0.2, 0.25) is 0 Å². The highest BCUT2D eigenvalue weighted by Gasteiger charge is 2.12. The van der Waals surface area contributed by atoms with Gasteiger partial charge in [-0.1, -0.05) is 32.3 Å². The van der Waals surface area contributed by atoms with Crippen molar-refractivity contribution < 1.29 is 0 Å². The Balaban J connectivity index is 3.68. The number of rotatable bonds is 6. The van der Waals surface area contributed by atoms with Crippen molar-refractivity contribution in [2.24, 2.45) is 11.7 Å². The van der Waals surface area contributed by atoms with Crippen molar-refractivity contribution in [2.75, 3.05) is 0 Å². The minimum atomic E-state index is 0.372. The molecule has 0 aliphatic rings. The minimum Gasteiger partial charge on any atom is -0.327 e. The van der Waals surface area contributed by atoms with E-state index in [1.165, 1.54) is 18.4 Å². The van der Waals surface area contributed by atoms with Gasteiger partial charge in [0.25, 0.3) is 0 Å². The van der Waals surface area contributed by atoms with Crippen LogP contribution in [0.2, 0.25) is 0 Å². The summed E-state index contributed by atoms with van der Waals surface area (Å²) in [6.45, 7) is 10.4. The molecule has 0 aromatic rings. The van der Waals surface area contributed by atoms with Crippen LogP contribution in [0.4, 0.5) is 0 Å². The summed E-state index contributed by atoms with van der Waals surface area (Å²) in [5.41, 5.74) is 7.29. The molecular formula is C11H23N. The highest BCUT2D eigenvalue weighted by Crippen LogP contribution is 2.16. The Bertz CT molecular complexity index is 125. The largest absolute Gasteiger partial charge is 0.327 e. The molecule has 2 N–H and O–H groups in total. The summed E-state index contributed by atoms with van der Waals surface area (Å²) in [6, 6.07) is 0.372. The van der Waals surface area contributed by atoms with E-state index in [0.717, 1.165) is 12.8 Å². The number of hydrogen-bond donors (Lipinski definition) is 1. The molecule has 1 atom stereocenters. The maximum Gasteiger partial charge on any atom is 0.00700 e. The molecule has 0 aliphatic carbocycles. The van der Waals surface area contributed by atoms with Crippen molar-refractivity contribution in [3.05, 3.63) is 12.2 Å². The average Bonchev–Trinajstić information content (AvgIpc) is 2.03. The minimum absolute atomic E-state index is 0.372. The van der Waals surface area contributed by atoms with Gasteiger partial charge in [0.15, 0.2) is 0 Å². The van der Waals surface area contributed by atoms with Crippen LogP contribution in [0.1, 0.15) is 46.5 Å². The molecule has 72 valence electrons. The highest BCUT2D eigenvalue weighted by atomic mass is 14.6. The molecule has 0 aromatic heterocycles. The summed E-state index contributed by atoms with van der Waals surface area (Å²) in [5, 5.41) is 0. The molecule has 0 radical (unpaired) electrons. The number of nitrogens with two attached hydrogens (primary N) is 1. The lowest BCUT2D eigenvalue weighted by molar-refractivity contribution is 0.378. The van der Waals surface area contributed by atoms with Gasteiger partial charge < -0.3 is 5.73 Å². The van der Waals surface area contributed by atoms with Crippen molar-refractivity contribution in [3.8, 4) is 0 Å². The van der Waals surface area contributed by atoms with Crippen molar-refractivity contribution in [1.29, 1.82) is 0 Å². The molecule has 0 spiro atoms. The van der Waals surface area contributed by atoms with Gasteiger partial charge in [-0.25, -0.2) is 0 Å². The van der Waals surface area contributed by atoms with E-state index in [1.54, 1.807) is 0 Å². The van der Waals surface area contributed by atoms with Crippen molar-refractivity contribution in [3.63, 3.8) is 0 Å². The number of allylic oxidation sites excluding steroid dienone is 1. The lowest BCUT2D eigenvalue weighted by atomic mass is 9.91. The zero-order valence-corrected chi connectivity index (χ0v) is 8.77. The molecule has 0 heterocycles. The maximum atomic E-state index is 6.05. The van der Waals surface area contributed by atoms with Crippen molar-refractivity contribution >= 4 is 0 Å². The molecule has 1 nitrogen and oxygen atoms in total. The quantitative estimate of drug-likeness (QED) is 0.607. The third-order valence-electron chi connectivity index (χ3n) is 2.56. The fourth-order valence-corrected chi connectivity index (χ4v) is 1.54. The zero-order chi connectivity index (χ0) is 9.56. The van der Waals surface area contributed by atoms with Crippen LogP contribution in [0.5, 0.6) is 0 Å². The predicted molar refractivity (Wildman–Crippen MR) is 56.1 cm³/mol. The van der Waals surface area contributed by atoms with E-state index in [-0.39, 0.29) is 0 Å². The molecule has 1 heteroatoms. The van der Waals surface area contributed by atoms with E-state index in [0.29, 0.717) is 12.0 Å². The second-order valence-electron chi connectivity index (χ2n) is 3.74. The smallest absolute Gasteiger partial charge is 0.00700 e. The molecule has 0 fully saturated rings. The Hall–Kier alpha value is -0.300. The summed E-state index contributed by atoms with van der Waals surface area (Å²) in [6.07, 6.45) is 4.58. The fourth-order valence-electron chi connectivity index (χ4n) is 1.54. The standard InChI is InChI=1S/C11H23N/c1-5-10(6-2)11(12)8-7-9(3)4/h10-11H,3,5-8,12H2,1-2,4H3. The number of hydrogen-bond acceptors (Lipinski definition) is 1. The van der Waals surface area contributed by atoms with Gasteiger partial charge in [-0.05, 0) is 25.7 Å². The van der Waals surface area contributed by atoms with Gasteiger partial charge in [0.1, 0.15) is 0 Å². The second kappa shape index (κ2) is 6.24. The molecule has 0 amide bonds. The molecule has 1 unspecified atom stereocenters. The molecular weight excluding hydrogens is 146 g/mol. The predicted octanol–water partition coefficient (Wildman–Crippen LogP) is 3.11. The first-order valence-electron chi connectivity index (χ1n) is 5.01. The van der Waals surface area contributed by atoms with Crippen LogP contribution < -0.4 is 5.73 Å². The molecule has 0 rings (SSSR count). The van der Waals surface area contributed by atoms with Gasteiger partial charge in [-0.15, -0.1) is 6.58 Å². The van der Waals surface area contributed by atoms with Crippen LogP contribution in [0.15, 0.2) is 12.2 Å². The van der Waals surface area contributed by atoms with E-state index >= 15 is 0 Å². The van der Waals surface area contributed by atoms with Crippen LogP contribution in [-0.2, 0) is 0 Å². The first-order chi connectivity index (χ1) is 5.61. The Morgan fingerprint density at radius 1 is 1.33 bits per heavy atom. The molecule has 0 aliphatic heterocycles. The Morgan fingerprint density at radius 3 is 2.17 bits per heavy atom. The average molecular weight is 169 g/mol. The topological polar surface area (TPSA) is 26.0 Å². The van der Waals surface area contributed by atoms with Gasteiger partial charge >= 0.3 is 0 Å². The molecule has 0 aromatic carbocycles. The summed E-state index contributed by atoms with van der Waals surface area (Å²) in [7, 11) is 0. The van der Waals surface area contributed by atoms with Gasteiger partial charge in [0.05, 0.1) is 0 Å². The summed E-state index contributed by atoms with van der Waals surface area (Å²) < 4.78 is 0. The zero-order valence-electron chi connectivity index (χ0n) is 8.77. The highest BCUT2D eigenvalue weighted by molar-refractivity contribution is 4.89. The van der Waals surface area contributed by atoms with E-state index in [9.17, 15) is 0 Å². The Morgan fingerprint density at radius 2 is 1.83 bits per heavy atom. The van der Waals surface area contributed by atoms with E-state index in [1.807, 2.05) is 0 Å². The Kier molecular flexibility index (Phi) is 6.09. The summed E-state index contributed by atoms with van der Waals surface area (Å²) in [4.78, 5) is 0. The molecule has 0 bridgehead atoms. The van der Waals surface area contributed by atoms with Crippen LogP contribution in [0.25, 0.3) is 0 Å². The first-order valence-corrected chi connectivity index (χ1v) is 5.01. The van der Waals surface area contributed by atoms with E-state index < -0.39 is 0 Å². The fraction of sp³-hybridized carbons (Fsp3) is 0.818. The first kappa shape index (κ1) is 11.7. The lowest BCUT2D eigenvalue weighted by Gasteiger charge is -2.20. The second-order valence-corrected chi connectivity index (χ2v) is 3.74. The third-order valence-corrected chi connectivity index (χ3v) is 2.56. The van der Waals surface area contributed by atoms with E-state index in [4.69, 9.17) is 5.73 Å². The van der Waals surface area contributed by atoms with Crippen LogP contribution >= 0.6 is 0 Å². The van der Waals surface area contributed by atoms with Crippen LogP contribution in [0.3, 0.4) is 0 Å². The van der Waals surface area contributed by atoms with Gasteiger partial charge in [0, 0.05) is 6.04 Å². The Labute approximate surface area is 77.0 Å². The van der Waals surface area contributed by atoms with Crippen molar-refractivity contribution in [1.82, 2.24) is 0 Å². The lowest BCUT2D eigenvalue weighted by Crippen LogP contribution is -2.29. The molecule has 0 saturated carbocycles. The van der Waals surface area contributed by atoms with Gasteiger partial charge in [-0.3, -0.25) is 0 Å². The van der Waals surface area contributed by atoms with Crippen molar-refractivity contribution in [2.45, 2.75) is 52.5 Å². The third kappa shape index (κ3) is 4.55. The van der Waals surface area contributed by atoms with Gasteiger partial charge in [-0.2, -0.15) is 0 Å². The summed E-state index contributed by atoms with van der Waals surface area (Å²) >= 11 is 0. The van der Waals surface area contributed by atoms with Crippen LogP contribution in [-0.4, -0.2) is 6.04 Å². The van der Waals surface area contributed by atoms with Crippen LogP contribution in [0, 0.1) is 5.92 Å². The maximum absolute atomic E-state index is 6.05. The monoisotopic (exact) mass is 169 g/mol. The molecule has 0 saturated heterocycles. The van der Waals surface area contributed by atoms with E-state index in [2.05, 4.69) is 27.4 Å². The molecule has 12 heavy (non-hydrogen) atoms.